The van der Waals surface area contributed by atoms with Gasteiger partial charge in [0.2, 0.25) is 5.91 Å². The molecule has 0 aliphatic carbocycles. The highest BCUT2D eigenvalue weighted by atomic mass is 35.5. The van der Waals surface area contributed by atoms with Crippen molar-refractivity contribution in [2.75, 3.05) is 18.5 Å². The largest absolute Gasteiger partial charge is 0.379 e. The summed E-state index contributed by atoms with van der Waals surface area (Å²) in [6.45, 7) is 2.74. The number of benzene rings is 1. The zero-order valence-corrected chi connectivity index (χ0v) is 10.3. The first-order valence-electron chi connectivity index (χ1n) is 5.48. The highest BCUT2D eigenvalue weighted by molar-refractivity contribution is 6.33. The zero-order chi connectivity index (χ0) is 12.4. The number of carbonyl (C=O) groups excluding carboxylic acids is 1. The fraction of sp³-hybridized carbons (Fsp3) is 0.417. The van der Waals surface area contributed by atoms with Crippen LogP contribution >= 0.6 is 11.6 Å². The first kappa shape index (κ1) is 12.4. The topological polar surface area (TPSA) is 64.3 Å². The van der Waals surface area contributed by atoms with E-state index in [4.69, 9.17) is 22.1 Å². The van der Waals surface area contributed by atoms with E-state index >= 15 is 0 Å². The first-order valence-corrected chi connectivity index (χ1v) is 5.86. The molecule has 0 bridgehead atoms. The molecular weight excluding hydrogens is 240 g/mol. The second kappa shape index (κ2) is 5.04. The monoisotopic (exact) mass is 254 g/mol. The van der Waals surface area contributed by atoms with Crippen molar-refractivity contribution in [1.29, 1.82) is 0 Å². The summed E-state index contributed by atoms with van der Waals surface area (Å²) < 4.78 is 5.16. The zero-order valence-electron chi connectivity index (χ0n) is 9.57. The van der Waals surface area contributed by atoms with Crippen LogP contribution in [0.2, 0.25) is 5.02 Å². The lowest BCUT2D eigenvalue weighted by Crippen LogP contribution is -2.37. The smallest absolute Gasteiger partial charge is 0.231 e. The quantitative estimate of drug-likeness (QED) is 0.842. The molecule has 1 aliphatic heterocycles. The van der Waals surface area contributed by atoms with Gasteiger partial charge in [0.15, 0.2) is 0 Å². The molecule has 1 fully saturated rings. The predicted molar refractivity (Wildman–Crippen MR) is 67.1 cm³/mol. The number of nitrogens with two attached hydrogens (primary N) is 1. The molecular formula is C12H15ClN2O2. The summed E-state index contributed by atoms with van der Waals surface area (Å²) in [5.74, 6) is -0.437. The maximum atomic E-state index is 11.9. The lowest BCUT2D eigenvalue weighted by atomic mass is 10.0. The lowest BCUT2D eigenvalue weighted by molar-refractivity contribution is -0.120. The van der Waals surface area contributed by atoms with Gasteiger partial charge in [0.05, 0.1) is 29.8 Å². The third kappa shape index (κ3) is 2.77. The molecule has 2 rings (SSSR count). The van der Waals surface area contributed by atoms with Crippen molar-refractivity contribution in [3.8, 4) is 0 Å². The third-order valence-corrected chi connectivity index (χ3v) is 3.16. The van der Waals surface area contributed by atoms with Gasteiger partial charge >= 0.3 is 0 Å². The summed E-state index contributed by atoms with van der Waals surface area (Å²) in [7, 11) is 0. The van der Waals surface area contributed by atoms with E-state index in [1.165, 1.54) is 0 Å². The van der Waals surface area contributed by atoms with Gasteiger partial charge in [-0.1, -0.05) is 17.7 Å². The van der Waals surface area contributed by atoms with Gasteiger partial charge in [0.25, 0.3) is 0 Å². The molecule has 0 spiro atoms. The van der Waals surface area contributed by atoms with Gasteiger partial charge in [-0.15, -0.1) is 0 Å². The molecule has 0 radical (unpaired) electrons. The number of hydrogen-bond donors (Lipinski definition) is 2. The molecule has 1 amide bonds. The van der Waals surface area contributed by atoms with Crippen LogP contribution in [0.25, 0.3) is 0 Å². The van der Waals surface area contributed by atoms with Crippen LogP contribution in [0.5, 0.6) is 0 Å². The molecule has 1 aromatic rings. The number of aryl methyl sites for hydroxylation is 1. The number of anilines is 1. The van der Waals surface area contributed by atoms with Crippen LogP contribution in [-0.4, -0.2) is 25.2 Å². The maximum Gasteiger partial charge on any atom is 0.231 e. The number of hydrogen-bond acceptors (Lipinski definition) is 3. The van der Waals surface area contributed by atoms with Crippen molar-refractivity contribution in [3.63, 3.8) is 0 Å². The van der Waals surface area contributed by atoms with Gasteiger partial charge in [0, 0.05) is 6.04 Å². The van der Waals surface area contributed by atoms with E-state index < -0.39 is 0 Å². The Hall–Kier alpha value is -1.10. The standard InChI is InChI=1S/C12H15ClN2O2/c1-7-2-3-11(9(13)4-7)15-12(16)8-5-17-6-10(8)14/h2-4,8,10H,5-6,14H2,1H3,(H,15,16). The fourth-order valence-electron chi connectivity index (χ4n) is 1.79. The van der Waals surface area contributed by atoms with Gasteiger partial charge in [-0.2, -0.15) is 0 Å². The third-order valence-electron chi connectivity index (χ3n) is 2.84. The maximum absolute atomic E-state index is 11.9. The van der Waals surface area contributed by atoms with Crippen molar-refractivity contribution in [2.24, 2.45) is 11.7 Å². The molecule has 0 saturated carbocycles. The normalized spacial score (nSPS) is 23.7. The molecule has 17 heavy (non-hydrogen) atoms. The van der Waals surface area contributed by atoms with Crippen LogP contribution in [0.1, 0.15) is 5.56 Å². The van der Waals surface area contributed by atoms with Crippen molar-refractivity contribution >= 4 is 23.2 Å². The van der Waals surface area contributed by atoms with Crippen LogP contribution in [0.3, 0.4) is 0 Å². The van der Waals surface area contributed by atoms with Crippen LogP contribution in [-0.2, 0) is 9.53 Å². The SMILES string of the molecule is Cc1ccc(NC(=O)C2COCC2N)c(Cl)c1. The molecule has 1 heterocycles. The number of ether oxygens (including phenoxy) is 1. The summed E-state index contributed by atoms with van der Waals surface area (Å²) >= 11 is 6.04. The fourth-order valence-corrected chi connectivity index (χ4v) is 2.07. The van der Waals surface area contributed by atoms with E-state index in [1.807, 2.05) is 19.1 Å². The molecule has 1 aliphatic rings. The van der Waals surface area contributed by atoms with Crippen molar-refractivity contribution in [2.45, 2.75) is 13.0 Å². The Balaban J connectivity index is 2.07. The van der Waals surface area contributed by atoms with E-state index in [1.54, 1.807) is 6.07 Å². The molecule has 2 atom stereocenters. The molecule has 92 valence electrons. The second-order valence-corrected chi connectivity index (χ2v) is 4.69. The average molecular weight is 255 g/mol. The summed E-state index contributed by atoms with van der Waals surface area (Å²) in [5.41, 5.74) is 7.44. The Morgan fingerprint density at radius 3 is 2.88 bits per heavy atom. The van der Waals surface area contributed by atoms with Gasteiger partial charge < -0.3 is 15.8 Å². The van der Waals surface area contributed by atoms with E-state index in [-0.39, 0.29) is 17.9 Å². The van der Waals surface area contributed by atoms with Crippen molar-refractivity contribution in [1.82, 2.24) is 0 Å². The highest BCUT2D eigenvalue weighted by Crippen LogP contribution is 2.24. The van der Waals surface area contributed by atoms with E-state index in [9.17, 15) is 4.79 Å². The summed E-state index contributed by atoms with van der Waals surface area (Å²) in [6, 6.07) is 5.25. The molecule has 0 aromatic heterocycles. The minimum atomic E-state index is -0.299. The van der Waals surface area contributed by atoms with Gasteiger partial charge in [-0.05, 0) is 24.6 Å². The average Bonchev–Trinajstić information content (AvgIpc) is 2.68. The van der Waals surface area contributed by atoms with Crippen LogP contribution in [0.4, 0.5) is 5.69 Å². The lowest BCUT2D eigenvalue weighted by Gasteiger charge is -2.14. The molecule has 5 heteroatoms. The molecule has 3 N–H and O–H groups in total. The second-order valence-electron chi connectivity index (χ2n) is 4.28. The number of amides is 1. The Morgan fingerprint density at radius 2 is 2.29 bits per heavy atom. The highest BCUT2D eigenvalue weighted by Gasteiger charge is 2.31. The Bertz CT molecular complexity index is 437. The molecule has 1 saturated heterocycles. The summed E-state index contributed by atoms with van der Waals surface area (Å²) in [5, 5.41) is 3.31. The Labute approximate surface area is 105 Å². The Kier molecular flexibility index (Phi) is 3.66. The summed E-state index contributed by atoms with van der Waals surface area (Å²) in [4.78, 5) is 11.9. The first-order chi connectivity index (χ1) is 8.08. The van der Waals surface area contributed by atoms with Crippen molar-refractivity contribution in [3.05, 3.63) is 28.8 Å². The van der Waals surface area contributed by atoms with Gasteiger partial charge in [-0.25, -0.2) is 0 Å². The van der Waals surface area contributed by atoms with E-state index in [0.29, 0.717) is 23.9 Å². The van der Waals surface area contributed by atoms with Crippen LogP contribution in [0, 0.1) is 12.8 Å². The number of halogens is 1. The number of rotatable bonds is 2. The Morgan fingerprint density at radius 1 is 1.53 bits per heavy atom. The van der Waals surface area contributed by atoms with Crippen LogP contribution in [0.15, 0.2) is 18.2 Å². The van der Waals surface area contributed by atoms with Crippen molar-refractivity contribution < 1.29 is 9.53 Å². The minimum absolute atomic E-state index is 0.138. The van der Waals surface area contributed by atoms with Gasteiger partial charge in [-0.3, -0.25) is 4.79 Å². The van der Waals surface area contributed by atoms with E-state index in [2.05, 4.69) is 5.32 Å². The molecule has 1 aromatic carbocycles. The number of nitrogens with one attached hydrogen (secondary N) is 1. The minimum Gasteiger partial charge on any atom is -0.379 e. The van der Waals surface area contributed by atoms with Gasteiger partial charge in [0.1, 0.15) is 0 Å². The number of carbonyl (C=O) groups is 1. The molecule has 2 unspecified atom stereocenters. The predicted octanol–water partition coefficient (Wildman–Crippen LogP) is 1.56. The molecule has 4 nitrogen and oxygen atoms in total. The van der Waals surface area contributed by atoms with Crippen LogP contribution < -0.4 is 11.1 Å². The summed E-state index contributed by atoms with van der Waals surface area (Å²) in [6.07, 6.45) is 0. The van der Waals surface area contributed by atoms with E-state index in [0.717, 1.165) is 5.56 Å².